The zero-order valence-electron chi connectivity index (χ0n) is 16.2. The molecule has 0 aliphatic heterocycles. The van der Waals surface area contributed by atoms with Gasteiger partial charge < -0.3 is 16.2 Å². The van der Waals surface area contributed by atoms with Crippen molar-refractivity contribution in [3.63, 3.8) is 0 Å². The first-order valence-corrected chi connectivity index (χ1v) is 9.87. The Morgan fingerprint density at radius 2 is 1.90 bits per heavy atom. The van der Waals surface area contributed by atoms with Crippen LogP contribution in [-0.2, 0) is 17.8 Å². The molecule has 3 aromatic rings. The second-order valence-electron chi connectivity index (χ2n) is 6.68. The molecule has 0 saturated carbocycles. The molecule has 9 heteroatoms. The van der Waals surface area contributed by atoms with Crippen LogP contribution in [-0.4, -0.2) is 28.5 Å². The lowest BCUT2D eigenvalue weighted by Crippen LogP contribution is -2.26. The van der Waals surface area contributed by atoms with Crippen LogP contribution in [0.3, 0.4) is 0 Å². The van der Waals surface area contributed by atoms with E-state index in [2.05, 4.69) is 4.98 Å². The highest BCUT2D eigenvalue weighted by Gasteiger charge is 2.20. The Labute approximate surface area is 171 Å². The monoisotopic (exact) mass is 414 g/mol. The van der Waals surface area contributed by atoms with Crippen LogP contribution in [0.15, 0.2) is 29.1 Å². The minimum Gasteiger partial charge on any atom is -0.497 e. The molecule has 2 heterocycles. The number of aryl methyl sites for hydroxylation is 1. The van der Waals surface area contributed by atoms with Crippen molar-refractivity contribution in [1.82, 2.24) is 9.55 Å². The zero-order chi connectivity index (χ0) is 21.1. The molecule has 2 amide bonds. The van der Waals surface area contributed by atoms with E-state index in [-0.39, 0.29) is 12.0 Å². The van der Waals surface area contributed by atoms with E-state index in [9.17, 15) is 14.4 Å². The Hall–Kier alpha value is -3.20. The van der Waals surface area contributed by atoms with E-state index in [4.69, 9.17) is 16.2 Å². The number of methoxy groups -OCH3 is 1. The lowest BCUT2D eigenvalue weighted by molar-refractivity contribution is -0.118. The number of fused-ring (bicyclic) bond motifs is 1. The largest absolute Gasteiger partial charge is 0.497 e. The van der Waals surface area contributed by atoms with Crippen molar-refractivity contribution in [2.24, 2.45) is 11.5 Å². The average molecular weight is 414 g/mol. The van der Waals surface area contributed by atoms with Gasteiger partial charge in [-0.25, -0.2) is 4.98 Å². The van der Waals surface area contributed by atoms with Crippen LogP contribution in [0.1, 0.15) is 39.5 Å². The summed E-state index contributed by atoms with van der Waals surface area (Å²) in [6.07, 6.45) is 1.00. The van der Waals surface area contributed by atoms with E-state index in [1.54, 1.807) is 18.6 Å². The fraction of sp³-hybridized carbons (Fsp3) is 0.300. The molecule has 0 aliphatic carbocycles. The molecular formula is C20H22N4O4S. The number of amides is 2. The van der Waals surface area contributed by atoms with Gasteiger partial charge in [0.2, 0.25) is 5.91 Å². The highest BCUT2D eigenvalue weighted by molar-refractivity contribution is 7.20. The number of thiophene rings is 1. The Balaban J connectivity index is 2.10. The molecule has 152 valence electrons. The van der Waals surface area contributed by atoms with Gasteiger partial charge in [-0.3, -0.25) is 19.0 Å². The lowest BCUT2D eigenvalue weighted by Gasteiger charge is -2.13. The van der Waals surface area contributed by atoms with Crippen LogP contribution >= 0.6 is 11.3 Å². The number of carbonyl (C=O) groups is 2. The summed E-state index contributed by atoms with van der Waals surface area (Å²) in [6, 6.07) is 7.47. The van der Waals surface area contributed by atoms with Crippen molar-refractivity contribution >= 4 is 33.4 Å². The molecule has 0 spiro atoms. The van der Waals surface area contributed by atoms with Gasteiger partial charge in [-0.05, 0) is 36.6 Å². The number of nitrogens with zero attached hydrogens (tertiary/aromatic N) is 2. The van der Waals surface area contributed by atoms with Crippen molar-refractivity contribution in [1.29, 1.82) is 0 Å². The Bertz CT molecular complexity index is 1130. The van der Waals surface area contributed by atoms with Crippen molar-refractivity contribution < 1.29 is 14.3 Å². The molecule has 4 N–H and O–H groups in total. The maximum atomic E-state index is 13.2. The third-order valence-corrected chi connectivity index (χ3v) is 5.88. The van der Waals surface area contributed by atoms with Gasteiger partial charge in [0, 0.05) is 19.4 Å². The first kappa shape index (κ1) is 20.5. The summed E-state index contributed by atoms with van der Waals surface area (Å²) in [5, 5.41) is 0.390. The number of benzene rings is 1. The van der Waals surface area contributed by atoms with Gasteiger partial charge in [-0.1, -0.05) is 12.1 Å². The van der Waals surface area contributed by atoms with Crippen molar-refractivity contribution in [3.8, 4) is 5.75 Å². The average Bonchev–Trinajstić information content (AvgIpc) is 3.01. The number of hydrogen-bond acceptors (Lipinski definition) is 6. The molecule has 0 unspecified atom stereocenters. The van der Waals surface area contributed by atoms with Gasteiger partial charge in [0.15, 0.2) is 0 Å². The Morgan fingerprint density at radius 3 is 2.48 bits per heavy atom. The molecular weight excluding hydrogens is 392 g/mol. The van der Waals surface area contributed by atoms with Crippen LogP contribution in [0.4, 0.5) is 0 Å². The first-order chi connectivity index (χ1) is 13.8. The SMILES string of the molecule is COc1ccc(Cc2nc3sc(C(N)=O)c(C)c3c(=O)n2CCCC(N)=O)cc1. The molecule has 3 rings (SSSR count). The van der Waals surface area contributed by atoms with Crippen molar-refractivity contribution in [2.75, 3.05) is 7.11 Å². The van der Waals surface area contributed by atoms with E-state index < -0.39 is 11.8 Å². The van der Waals surface area contributed by atoms with Gasteiger partial charge in [0.1, 0.15) is 16.4 Å². The van der Waals surface area contributed by atoms with Gasteiger partial charge in [-0.2, -0.15) is 0 Å². The minimum absolute atomic E-state index is 0.168. The third-order valence-electron chi connectivity index (χ3n) is 4.68. The standard InChI is InChI=1S/C20H22N4O4S/c1-11-16-19(29-17(11)18(22)26)23-15(10-12-5-7-13(28-2)8-6-12)24(20(16)27)9-3-4-14(21)25/h5-8H,3-4,9-10H2,1-2H3,(H2,21,25)(H2,22,26). The molecule has 2 aromatic heterocycles. The predicted octanol–water partition coefficient (Wildman–Crippen LogP) is 1.73. The second kappa shape index (κ2) is 8.44. The van der Waals surface area contributed by atoms with Gasteiger partial charge >= 0.3 is 0 Å². The van der Waals surface area contributed by atoms with Gasteiger partial charge in [-0.15, -0.1) is 11.3 Å². The molecule has 0 saturated heterocycles. The van der Waals surface area contributed by atoms with Crippen molar-refractivity contribution in [3.05, 3.63) is 56.4 Å². The topological polar surface area (TPSA) is 130 Å². The molecule has 8 nitrogen and oxygen atoms in total. The number of aromatic nitrogens is 2. The quantitative estimate of drug-likeness (QED) is 0.580. The van der Waals surface area contributed by atoms with Gasteiger partial charge in [0.05, 0.1) is 17.4 Å². The summed E-state index contributed by atoms with van der Waals surface area (Å²) < 4.78 is 6.73. The van der Waals surface area contributed by atoms with E-state index in [0.717, 1.165) is 22.6 Å². The van der Waals surface area contributed by atoms with Crippen molar-refractivity contribution in [2.45, 2.75) is 32.7 Å². The summed E-state index contributed by atoms with van der Waals surface area (Å²) in [6.45, 7) is 2.00. The molecule has 0 aliphatic rings. The first-order valence-electron chi connectivity index (χ1n) is 9.05. The summed E-state index contributed by atoms with van der Waals surface area (Å²) in [5.41, 5.74) is 11.9. The summed E-state index contributed by atoms with van der Waals surface area (Å²) in [5.74, 6) is 0.277. The smallest absolute Gasteiger partial charge is 0.262 e. The van der Waals surface area contributed by atoms with Crippen LogP contribution in [0, 0.1) is 6.92 Å². The fourth-order valence-electron chi connectivity index (χ4n) is 3.20. The van der Waals surface area contributed by atoms with E-state index in [1.807, 2.05) is 24.3 Å². The molecule has 0 bridgehead atoms. The van der Waals surface area contributed by atoms with Crippen LogP contribution in [0.5, 0.6) is 5.75 Å². The number of hydrogen-bond donors (Lipinski definition) is 2. The third kappa shape index (κ3) is 4.29. The molecule has 0 fully saturated rings. The number of rotatable bonds is 8. The van der Waals surface area contributed by atoms with E-state index in [0.29, 0.717) is 45.9 Å². The number of carbonyl (C=O) groups excluding carboxylic acids is 2. The van der Waals surface area contributed by atoms with Crippen LogP contribution in [0.2, 0.25) is 0 Å². The summed E-state index contributed by atoms with van der Waals surface area (Å²) in [4.78, 5) is 41.5. The number of ether oxygens (including phenoxy) is 1. The maximum Gasteiger partial charge on any atom is 0.262 e. The summed E-state index contributed by atoms with van der Waals surface area (Å²) >= 11 is 1.12. The zero-order valence-corrected chi connectivity index (χ0v) is 17.0. The second-order valence-corrected chi connectivity index (χ2v) is 7.68. The number of nitrogens with two attached hydrogens (primary N) is 2. The highest BCUT2D eigenvalue weighted by atomic mass is 32.1. The number of primary amides is 2. The Kier molecular flexibility index (Phi) is 5.97. The Morgan fingerprint density at radius 1 is 1.21 bits per heavy atom. The molecule has 29 heavy (non-hydrogen) atoms. The normalized spacial score (nSPS) is 11.0. The van der Waals surface area contributed by atoms with E-state index in [1.165, 1.54) is 0 Å². The van der Waals surface area contributed by atoms with E-state index >= 15 is 0 Å². The molecule has 0 radical (unpaired) electrons. The summed E-state index contributed by atoms with van der Waals surface area (Å²) in [7, 11) is 1.59. The fourth-order valence-corrected chi connectivity index (χ4v) is 4.24. The van der Waals surface area contributed by atoms with Crippen LogP contribution in [0.25, 0.3) is 10.2 Å². The highest BCUT2D eigenvalue weighted by Crippen LogP contribution is 2.27. The van der Waals surface area contributed by atoms with Gasteiger partial charge in [0.25, 0.3) is 11.5 Å². The lowest BCUT2D eigenvalue weighted by atomic mass is 10.1. The molecule has 1 aromatic carbocycles. The molecule has 0 atom stereocenters. The predicted molar refractivity (Wildman–Crippen MR) is 111 cm³/mol. The maximum absolute atomic E-state index is 13.2. The van der Waals surface area contributed by atoms with Crippen LogP contribution < -0.4 is 21.8 Å². The minimum atomic E-state index is -0.582.